The van der Waals surface area contributed by atoms with E-state index in [1.54, 1.807) is 16.2 Å². The van der Waals surface area contributed by atoms with Crippen molar-refractivity contribution in [3.05, 3.63) is 16.1 Å². The van der Waals surface area contributed by atoms with E-state index in [0.717, 1.165) is 22.9 Å². The summed E-state index contributed by atoms with van der Waals surface area (Å²) >= 11 is 3.15. The van der Waals surface area contributed by atoms with Crippen LogP contribution in [0, 0.1) is 12.8 Å². The zero-order valence-corrected chi connectivity index (χ0v) is 13.0. The van der Waals surface area contributed by atoms with E-state index < -0.39 is 11.9 Å². The first kappa shape index (κ1) is 15.3. The summed E-state index contributed by atoms with van der Waals surface area (Å²) in [6.45, 7) is 2.99. The molecule has 20 heavy (non-hydrogen) atoms. The first-order valence-corrected chi connectivity index (χ1v) is 8.59. The maximum atomic E-state index is 12.1. The Morgan fingerprint density at radius 3 is 3.05 bits per heavy atom. The lowest BCUT2D eigenvalue weighted by atomic mass is 9.98. The largest absolute Gasteiger partial charge is 0.481 e. The molecule has 1 N–H and O–H groups in total. The van der Waals surface area contributed by atoms with Crippen LogP contribution < -0.4 is 0 Å². The maximum Gasteiger partial charge on any atom is 0.308 e. The zero-order chi connectivity index (χ0) is 14.5. The first-order chi connectivity index (χ1) is 9.56. The number of hydrogen-bond donors (Lipinski definition) is 1. The summed E-state index contributed by atoms with van der Waals surface area (Å²) in [6.07, 6.45) is 1.45. The molecule has 0 saturated carbocycles. The molecule has 110 valence electrons. The van der Waals surface area contributed by atoms with E-state index in [9.17, 15) is 9.59 Å². The van der Waals surface area contributed by atoms with Gasteiger partial charge in [0.25, 0.3) is 0 Å². The number of piperidine rings is 1. The number of carbonyl (C=O) groups excluding carboxylic acids is 1. The van der Waals surface area contributed by atoms with Crippen LogP contribution in [0.3, 0.4) is 0 Å². The number of thioether (sulfide) groups is 1. The van der Waals surface area contributed by atoms with E-state index in [1.807, 2.05) is 12.3 Å². The van der Waals surface area contributed by atoms with Crippen molar-refractivity contribution < 1.29 is 14.7 Å². The summed E-state index contributed by atoms with van der Waals surface area (Å²) in [7, 11) is 0. The lowest BCUT2D eigenvalue weighted by Gasteiger charge is -2.30. The standard InChI is InChI=1S/C13H18N2O3S2/c1-9-14-11(7-20-9)6-19-8-12(16)15-4-2-3-10(5-15)13(17)18/h7,10H,2-6,8H2,1H3,(H,17,18)/t10-/m1/s1. The Balaban J connectivity index is 1.75. The first-order valence-electron chi connectivity index (χ1n) is 6.55. The Bertz CT molecular complexity index is 490. The molecule has 7 heteroatoms. The molecule has 1 aromatic heterocycles. The molecule has 1 aliphatic rings. The Morgan fingerprint density at radius 1 is 1.60 bits per heavy atom. The Labute approximate surface area is 126 Å². The fraction of sp³-hybridized carbons (Fsp3) is 0.615. The average molecular weight is 314 g/mol. The van der Waals surface area contributed by atoms with Crippen LogP contribution in [-0.2, 0) is 15.3 Å². The number of carboxylic acids is 1. The van der Waals surface area contributed by atoms with Gasteiger partial charge in [0.2, 0.25) is 5.91 Å². The summed E-state index contributed by atoms with van der Waals surface area (Å²) in [4.78, 5) is 29.1. The second-order valence-electron chi connectivity index (χ2n) is 4.87. The highest BCUT2D eigenvalue weighted by molar-refractivity contribution is 7.99. The molecule has 1 amide bonds. The predicted octanol–water partition coefficient (Wildman–Crippen LogP) is 2.01. The van der Waals surface area contributed by atoms with E-state index in [-0.39, 0.29) is 5.91 Å². The summed E-state index contributed by atoms with van der Waals surface area (Å²) in [5.41, 5.74) is 1.01. The van der Waals surface area contributed by atoms with Crippen LogP contribution in [0.25, 0.3) is 0 Å². The number of aromatic nitrogens is 1. The van der Waals surface area contributed by atoms with Crippen LogP contribution >= 0.6 is 23.1 Å². The summed E-state index contributed by atoms with van der Waals surface area (Å²) in [5, 5.41) is 12.1. The number of hydrogen-bond acceptors (Lipinski definition) is 5. The van der Waals surface area contributed by atoms with Gasteiger partial charge in [0.15, 0.2) is 0 Å². The smallest absolute Gasteiger partial charge is 0.308 e. The summed E-state index contributed by atoms with van der Waals surface area (Å²) in [6, 6.07) is 0. The Hall–Kier alpha value is -1.08. The number of likely N-dealkylation sites (tertiary alicyclic amines) is 1. The maximum absolute atomic E-state index is 12.1. The van der Waals surface area contributed by atoms with Crippen LogP contribution in [0.5, 0.6) is 0 Å². The van der Waals surface area contributed by atoms with Crippen molar-refractivity contribution in [2.24, 2.45) is 5.92 Å². The summed E-state index contributed by atoms with van der Waals surface area (Å²) in [5.74, 6) is -0.0465. The molecular weight excluding hydrogens is 296 g/mol. The highest BCUT2D eigenvalue weighted by Crippen LogP contribution is 2.19. The number of carbonyl (C=O) groups is 2. The van der Waals surface area contributed by atoms with E-state index in [0.29, 0.717) is 25.3 Å². The molecule has 0 bridgehead atoms. The topological polar surface area (TPSA) is 70.5 Å². The fourth-order valence-electron chi connectivity index (χ4n) is 2.21. The second kappa shape index (κ2) is 7.08. The number of carboxylic acid groups (broad SMARTS) is 1. The second-order valence-corrected chi connectivity index (χ2v) is 6.92. The van der Waals surface area contributed by atoms with Gasteiger partial charge in [-0.25, -0.2) is 4.98 Å². The van der Waals surface area contributed by atoms with Crippen LogP contribution in [-0.4, -0.2) is 45.7 Å². The third kappa shape index (κ3) is 4.21. The van der Waals surface area contributed by atoms with Crippen molar-refractivity contribution in [2.45, 2.75) is 25.5 Å². The monoisotopic (exact) mass is 314 g/mol. The van der Waals surface area contributed by atoms with Crippen LogP contribution in [0.2, 0.25) is 0 Å². The van der Waals surface area contributed by atoms with Crippen molar-refractivity contribution in [3.8, 4) is 0 Å². The Morgan fingerprint density at radius 2 is 2.40 bits per heavy atom. The molecule has 0 spiro atoms. The van der Waals surface area contributed by atoms with Gasteiger partial charge in [-0.15, -0.1) is 23.1 Å². The molecule has 1 saturated heterocycles. The molecule has 1 aromatic rings. The average Bonchev–Trinajstić information content (AvgIpc) is 2.84. The minimum atomic E-state index is -0.798. The van der Waals surface area contributed by atoms with Crippen molar-refractivity contribution in [1.82, 2.24) is 9.88 Å². The molecule has 1 atom stereocenters. The third-order valence-corrected chi connectivity index (χ3v) is 5.04. The van der Waals surface area contributed by atoms with E-state index in [4.69, 9.17) is 5.11 Å². The molecule has 5 nitrogen and oxygen atoms in total. The van der Waals surface area contributed by atoms with Crippen molar-refractivity contribution >= 4 is 35.0 Å². The molecule has 2 heterocycles. The molecule has 0 aromatic carbocycles. The number of aliphatic carboxylic acids is 1. The van der Waals surface area contributed by atoms with Crippen molar-refractivity contribution in [1.29, 1.82) is 0 Å². The SMILES string of the molecule is Cc1nc(CSCC(=O)N2CCC[C@@H](C(=O)O)C2)cs1. The molecule has 0 unspecified atom stereocenters. The number of nitrogens with zero attached hydrogens (tertiary/aromatic N) is 2. The Kier molecular flexibility index (Phi) is 5.42. The third-order valence-electron chi connectivity index (χ3n) is 3.27. The molecule has 0 radical (unpaired) electrons. The van der Waals surface area contributed by atoms with Gasteiger partial charge in [0.1, 0.15) is 0 Å². The van der Waals surface area contributed by atoms with Gasteiger partial charge in [-0.1, -0.05) is 0 Å². The van der Waals surface area contributed by atoms with E-state index >= 15 is 0 Å². The molecule has 2 rings (SSSR count). The predicted molar refractivity (Wildman–Crippen MR) is 80.0 cm³/mol. The molecule has 1 aliphatic heterocycles. The minimum Gasteiger partial charge on any atom is -0.481 e. The van der Waals surface area contributed by atoms with Gasteiger partial charge >= 0.3 is 5.97 Å². The normalized spacial score (nSPS) is 19.1. The number of aryl methyl sites for hydroxylation is 1. The summed E-state index contributed by atoms with van der Waals surface area (Å²) < 4.78 is 0. The van der Waals surface area contributed by atoms with Gasteiger partial charge in [-0.3, -0.25) is 9.59 Å². The molecule has 0 aliphatic carbocycles. The quantitative estimate of drug-likeness (QED) is 0.900. The van der Waals surface area contributed by atoms with Crippen LogP contribution in [0.15, 0.2) is 5.38 Å². The van der Waals surface area contributed by atoms with Crippen molar-refractivity contribution in [3.63, 3.8) is 0 Å². The van der Waals surface area contributed by atoms with Gasteiger partial charge < -0.3 is 10.0 Å². The lowest BCUT2D eigenvalue weighted by Crippen LogP contribution is -2.43. The molecule has 1 fully saturated rings. The van der Waals surface area contributed by atoms with E-state index in [1.165, 1.54) is 11.8 Å². The van der Waals surface area contributed by atoms with Gasteiger partial charge in [0.05, 0.1) is 22.4 Å². The van der Waals surface area contributed by atoms with Crippen LogP contribution in [0.1, 0.15) is 23.5 Å². The number of amides is 1. The highest BCUT2D eigenvalue weighted by atomic mass is 32.2. The van der Waals surface area contributed by atoms with E-state index in [2.05, 4.69) is 4.98 Å². The minimum absolute atomic E-state index is 0.0351. The van der Waals surface area contributed by atoms with Gasteiger partial charge in [-0.05, 0) is 19.8 Å². The fourth-order valence-corrected chi connectivity index (χ4v) is 3.75. The van der Waals surface area contributed by atoms with Gasteiger partial charge in [0, 0.05) is 24.2 Å². The van der Waals surface area contributed by atoms with Crippen molar-refractivity contribution in [2.75, 3.05) is 18.8 Å². The van der Waals surface area contributed by atoms with Gasteiger partial charge in [-0.2, -0.15) is 0 Å². The zero-order valence-electron chi connectivity index (χ0n) is 11.4. The highest BCUT2D eigenvalue weighted by Gasteiger charge is 2.27. The number of rotatable bonds is 5. The van der Waals surface area contributed by atoms with Crippen LogP contribution in [0.4, 0.5) is 0 Å². The molecular formula is C13H18N2O3S2. The number of thiazole rings is 1. The lowest BCUT2D eigenvalue weighted by molar-refractivity contribution is -0.145.